The molecule has 0 aromatic carbocycles. The molecule has 1 heterocycles. The second-order valence-electron chi connectivity index (χ2n) is 4.60. The van der Waals surface area contributed by atoms with Gasteiger partial charge in [-0.2, -0.15) is 0 Å². The summed E-state index contributed by atoms with van der Waals surface area (Å²) in [7, 11) is -4.91. The standard InChI is InChI=1S/C10H23N3O4S2/c1-3-18(14,15)12-6-8-19(16,17)13-7-4-5-10(9-13)11-2/h10-12H,3-9H2,1-2H3. The van der Waals surface area contributed by atoms with Gasteiger partial charge in [0.25, 0.3) is 0 Å². The van der Waals surface area contributed by atoms with Crippen LogP contribution in [0.4, 0.5) is 0 Å². The van der Waals surface area contributed by atoms with Gasteiger partial charge < -0.3 is 5.32 Å². The van der Waals surface area contributed by atoms with Crippen LogP contribution in [-0.2, 0) is 20.0 Å². The molecule has 7 nitrogen and oxygen atoms in total. The molecule has 2 N–H and O–H groups in total. The number of nitrogens with one attached hydrogen (secondary N) is 2. The van der Waals surface area contributed by atoms with Crippen molar-refractivity contribution in [3.8, 4) is 0 Å². The van der Waals surface area contributed by atoms with Crippen molar-refractivity contribution >= 4 is 20.0 Å². The summed E-state index contributed by atoms with van der Waals surface area (Å²) in [6.45, 7) is 2.42. The highest BCUT2D eigenvalue weighted by Gasteiger charge is 2.28. The van der Waals surface area contributed by atoms with Crippen LogP contribution in [0.5, 0.6) is 0 Å². The number of hydrogen-bond donors (Lipinski definition) is 2. The summed E-state index contributed by atoms with van der Waals surface area (Å²) >= 11 is 0. The molecule has 0 amide bonds. The van der Waals surface area contributed by atoms with Gasteiger partial charge in [0.2, 0.25) is 20.0 Å². The normalized spacial score (nSPS) is 22.5. The van der Waals surface area contributed by atoms with Crippen molar-refractivity contribution in [2.75, 3.05) is 38.2 Å². The van der Waals surface area contributed by atoms with Gasteiger partial charge in [-0.25, -0.2) is 25.9 Å². The van der Waals surface area contributed by atoms with E-state index in [4.69, 9.17) is 0 Å². The quantitative estimate of drug-likeness (QED) is 0.624. The third-order valence-corrected chi connectivity index (χ3v) is 6.49. The molecule has 1 saturated heterocycles. The fourth-order valence-electron chi connectivity index (χ4n) is 1.99. The molecule has 0 aromatic heterocycles. The van der Waals surface area contributed by atoms with Crippen LogP contribution in [0.15, 0.2) is 0 Å². The van der Waals surface area contributed by atoms with Gasteiger partial charge in [0.1, 0.15) is 0 Å². The van der Waals surface area contributed by atoms with E-state index in [1.807, 2.05) is 7.05 Å². The van der Waals surface area contributed by atoms with Crippen LogP contribution in [0.2, 0.25) is 0 Å². The van der Waals surface area contributed by atoms with Gasteiger partial charge in [-0.05, 0) is 26.8 Å². The zero-order chi connectivity index (χ0) is 14.5. The molecule has 0 aliphatic carbocycles. The first kappa shape index (κ1) is 16.8. The summed E-state index contributed by atoms with van der Waals surface area (Å²) in [5, 5.41) is 3.08. The van der Waals surface area contributed by atoms with Crippen LogP contribution in [0.25, 0.3) is 0 Å². The number of piperidine rings is 1. The van der Waals surface area contributed by atoms with E-state index in [0.717, 1.165) is 12.8 Å². The molecule has 0 saturated carbocycles. The average molecular weight is 313 g/mol. The van der Waals surface area contributed by atoms with Crippen molar-refractivity contribution in [3.05, 3.63) is 0 Å². The van der Waals surface area contributed by atoms with Gasteiger partial charge in [0.05, 0.1) is 11.5 Å². The Balaban J connectivity index is 2.52. The molecule has 0 aromatic rings. The van der Waals surface area contributed by atoms with E-state index in [0.29, 0.717) is 13.1 Å². The molecule has 0 bridgehead atoms. The molecule has 19 heavy (non-hydrogen) atoms. The first-order chi connectivity index (χ1) is 8.80. The first-order valence-electron chi connectivity index (χ1n) is 6.43. The van der Waals surface area contributed by atoms with Gasteiger partial charge in [-0.3, -0.25) is 0 Å². The number of nitrogens with zero attached hydrogens (tertiary/aromatic N) is 1. The molecule has 1 fully saturated rings. The number of sulfonamides is 2. The van der Waals surface area contributed by atoms with E-state index in [9.17, 15) is 16.8 Å². The van der Waals surface area contributed by atoms with Crippen LogP contribution < -0.4 is 10.0 Å². The highest BCUT2D eigenvalue weighted by Crippen LogP contribution is 2.13. The minimum atomic E-state index is -3.39. The molecule has 1 aliphatic rings. The SMILES string of the molecule is CCS(=O)(=O)NCCS(=O)(=O)N1CCCC(NC)C1. The molecule has 1 unspecified atom stereocenters. The molecule has 9 heteroatoms. The fraction of sp³-hybridized carbons (Fsp3) is 1.00. The topological polar surface area (TPSA) is 95.6 Å². The van der Waals surface area contributed by atoms with Crippen molar-refractivity contribution in [3.63, 3.8) is 0 Å². The predicted molar refractivity (Wildman–Crippen MR) is 74.9 cm³/mol. The highest BCUT2D eigenvalue weighted by atomic mass is 32.2. The maximum absolute atomic E-state index is 12.1. The van der Waals surface area contributed by atoms with Crippen molar-refractivity contribution in [2.45, 2.75) is 25.8 Å². The molecular formula is C10H23N3O4S2. The Labute approximate surface area is 115 Å². The first-order valence-corrected chi connectivity index (χ1v) is 9.69. The Hall–Kier alpha value is -0.220. The lowest BCUT2D eigenvalue weighted by atomic mass is 10.1. The number of rotatable bonds is 7. The van der Waals surface area contributed by atoms with Crippen LogP contribution in [0, 0.1) is 0 Å². The smallest absolute Gasteiger partial charge is 0.215 e. The van der Waals surface area contributed by atoms with Gasteiger partial charge in [-0.15, -0.1) is 0 Å². The third kappa shape index (κ3) is 5.35. The predicted octanol–water partition coefficient (Wildman–Crippen LogP) is -1.06. The Kier molecular flexibility index (Phi) is 6.18. The van der Waals surface area contributed by atoms with Gasteiger partial charge >= 0.3 is 0 Å². The molecular weight excluding hydrogens is 290 g/mol. The summed E-state index contributed by atoms with van der Waals surface area (Å²) in [5.74, 6) is -0.235. The molecule has 1 rings (SSSR count). The zero-order valence-electron chi connectivity index (χ0n) is 11.4. The number of likely N-dealkylation sites (N-methyl/N-ethyl adjacent to an activating group) is 1. The minimum Gasteiger partial charge on any atom is -0.316 e. The lowest BCUT2D eigenvalue weighted by molar-refractivity contribution is 0.293. The fourth-order valence-corrected chi connectivity index (χ4v) is 4.17. The summed E-state index contributed by atoms with van der Waals surface area (Å²) in [6.07, 6.45) is 1.79. The third-order valence-electron chi connectivity index (χ3n) is 3.25. The lowest BCUT2D eigenvalue weighted by Gasteiger charge is -2.31. The summed E-state index contributed by atoms with van der Waals surface area (Å²) in [5.41, 5.74) is 0. The summed E-state index contributed by atoms with van der Waals surface area (Å²) < 4.78 is 50.4. The highest BCUT2D eigenvalue weighted by molar-refractivity contribution is 7.90. The Morgan fingerprint density at radius 3 is 2.53 bits per heavy atom. The number of hydrogen-bond acceptors (Lipinski definition) is 5. The van der Waals surface area contributed by atoms with Gasteiger partial charge in [-0.1, -0.05) is 0 Å². The van der Waals surface area contributed by atoms with Crippen LogP contribution >= 0.6 is 0 Å². The zero-order valence-corrected chi connectivity index (χ0v) is 13.1. The van der Waals surface area contributed by atoms with Crippen LogP contribution in [0.3, 0.4) is 0 Å². The van der Waals surface area contributed by atoms with Crippen LogP contribution in [0.1, 0.15) is 19.8 Å². The van der Waals surface area contributed by atoms with E-state index in [-0.39, 0.29) is 24.1 Å². The summed E-state index contributed by atoms with van der Waals surface area (Å²) in [4.78, 5) is 0. The summed E-state index contributed by atoms with van der Waals surface area (Å²) in [6, 6.07) is 0.177. The molecule has 0 spiro atoms. The Morgan fingerprint density at radius 1 is 1.26 bits per heavy atom. The lowest BCUT2D eigenvalue weighted by Crippen LogP contribution is -2.48. The van der Waals surface area contributed by atoms with Crippen molar-refractivity contribution in [1.82, 2.24) is 14.3 Å². The average Bonchev–Trinajstić information content (AvgIpc) is 2.38. The molecule has 0 radical (unpaired) electrons. The van der Waals surface area contributed by atoms with E-state index in [2.05, 4.69) is 10.0 Å². The Morgan fingerprint density at radius 2 is 1.95 bits per heavy atom. The van der Waals surface area contributed by atoms with Crippen molar-refractivity contribution in [1.29, 1.82) is 0 Å². The maximum Gasteiger partial charge on any atom is 0.215 e. The van der Waals surface area contributed by atoms with E-state index >= 15 is 0 Å². The van der Waals surface area contributed by atoms with Crippen molar-refractivity contribution < 1.29 is 16.8 Å². The monoisotopic (exact) mass is 313 g/mol. The largest absolute Gasteiger partial charge is 0.316 e. The van der Waals surface area contributed by atoms with Gasteiger partial charge in [0, 0.05) is 25.7 Å². The minimum absolute atomic E-state index is 0.0431. The Bertz CT molecular complexity index is 475. The second-order valence-corrected chi connectivity index (χ2v) is 8.78. The maximum atomic E-state index is 12.1. The second kappa shape index (κ2) is 6.98. The molecule has 114 valence electrons. The van der Waals surface area contributed by atoms with E-state index in [1.165, 1.54) is 11.2 Å². The van der Waals surface area contributed by atoms with E-state index in [1.54, 1.807) is 0 Å². The van der Waals surface area contributed by atoms with Crippen molar-refractivity contribution in [2.24, 2.45) is 0 Å². The van der Waals surface area contributed by atoms with Crippen LogP contribution in [-0.4, -0.2) is 65.4 Å². The van der Waals surface area contributed by atoms with Gasteiger partial charge in [0.15, 0.2) is 0 Å². The molecule has 1 atom stereocenters. The molecule has 1 aliphatic heterocycles. The van der Waals surface area contributed by atoms with E-state index < -0.39 is 20.0 Å².